The second-order valence-corrected chi connectivity index (χ2v) is 12.1. The first kappa shape index (κ1) is 21.4. The minimum atomic E-state index is 0.152. The molecule has 1 heterocycles. The van der Waals surface area contributed by atoms with Crippen LogP contribution in [0.4, 0.5) is 0 Å². The molecule has 1 aliphatic heterocycles. The molecule has 4 rings (SSSR count). The standard InChI is InChI=1S/C27H45NO/c1-18(2)7-6-8-19(3)22-11-12-23-21-10-9-20-17-25(29)28-16-15-26(20,4)24(21)13-14-27(22,23)5/h17-19,21-24H,6-16H2,1-5H3,(H,28,29)/t19-,21-,22-,23+,24-,26-,27-/m1/s1. The number of rotatable bonds is 5. The lowest BCUT2D eigenvalue weighted by molar-refractivity contribution is -0.116. The third kappa shape index (κ3) is 3.72. The molecule has 0 aromatic carbocycles. The van der Waals surface area contributed by atoms with Crippen LogP contribution in [0.3, 0.4) is 0 Å². The maximum absolute atomic E-state index is 12.1. The number of carbonyl (C=O) groups excluding carboxylic acids is 1. The van der Waals surface area contributed by atoms with Gasteiger partial charge in [0, 0.05) is 12.6 Å². The van der Waals surface area contributed by atoms with Crippen molar-refractivity contribution in [2.75, 3.05) is 6.54 Å². The largest absolute Gasteiger partial charge is 0.353 e. The molecule has 3 fully saturated rings. The van der Waals surface area contributed by atoms with Gasteiger partial charge in [-0.1, -0.05) is 59.5 Å². The van der Waals surface area contributed by atoms with E-state index in [0.717, 1.165) is 54.9 Å². The molecule has 0 aromatic heterocycles. The third-order valence-electron chi connectivity index (χ3n) is 10.2. The summed E-state index contributed by atoms with van der Waals surface area (Å²) in [6.07, 6.45) is 15.6. The lowest BCUT2D eigenvalue weighted by Gasteiger charge is -2.57. The van der Waals surface area contributed by atoms with Gasteiger partial charge in [-0.2, -0.15) is 0 Å². The molecule has 164 valence electrons. The fourth-order valence-corrected chi connectivity index (χ4v) is 8.59. The average molecular weight is 400 g/mol. The van der Waals surface area contributed by atoms with Crippen LogP contribution in [0.2, 0.25) is 0 Å². The van der Waals surface area contributed by atoms with Crippen LogP contribution in [0.5, 0.6) is 0 Å². The smallest absolute Gasteiger partial charge is 0.243 e. The van der Waals surface area contributed by atoms with Crippen molar-refractivity contribution < 1.29 is 4.79 Å². The van der Waals surface area contributed by atoms with Gasteiger partial charge in [-0.3, -0.25) is 4.79 Å². The van der Waals surface area contributed by atoms with Crippen LogP contribution in [0, 0.1) is 46.3 Å². The van der Waals surface area contributed by atoms with Gasteiger partial charge in [-0.05, 0) is 91.3 Å². The van der Waals surface area contributed by atoms with Crippen molar-refractivity contribution in [1.29, 1.82) is 0 Å². The Balaban J connectivity index is 1.50. The number of hydrogen-bond acceptors (Lipinski definition) is 1. The first-order valence-corrected chi connectivity index (χ1v) is 12.7. The van der Waals surface area contributed by atoms with E-state index in [0.29, 0.717) is 5.41 Å². The molecule has 0 saturated heterocycles. The van der Waals surface area contributed by atoms with E-state index in [9.17, 15) is 4.79 Å². The van der Waals surface area contributed by atoms with Crippen LogP contribution in [-0.2, 0) is 4.79 Å². The van der Waals surface area contributed by atoms with Gasteiger partial charge in [0.05, 0.1) is 0 Å². The number of hydrogen-bond donors (Lipinski definition) is 1. The Bertz CT molecular complexity index is 651. The maximum Gasteiger partial charge on any atom is 0.243 e. The fraction of sp³-hybridized carbons (Fsp3) is 0.889. The zero-order valence-corrected chi connectivity index (χ0v) is 19.7. The SMILES string of the molecule is CC(C)CCC[C@@H](C)[C@H]1CC[C@H]2[C@H]3CCC4=CC(=O)NCC[C@@]4(C)[C@@H]3CC[C@]12C. The summed E-state index contributed by atoms with van der Waals surface area (Å²) in [4.78, 5) is 12.1. The Hall–Kier alpha value is -0.790. The molecule has 3 aliphatic carbocycles. The highest BCUT2D eigenvalue weighted by molar-refractivity contribution is 5.88. The predicted octanol–water partition coefficient (Wildman–Crippen LogP) is 6.75. The van der Waals surface area contributed by atoms with Gasteiger partial charge in [0.2, 0.25) is 5.91 Å². The predicted molar refractivity (Wildman–Crippen MR) is 121 cm³/mol. The lowest BCUT2D eigenvalue weighted by atomic mass is 9.47. The van der Waals surface area contributed by atoms with Crippen LogP contribution in [-0.4, -0.2) is 12.5 Å². The number of fused-ring (bicyclic) bond motifs is 5. The van der Waals surface area contributed by atoms with Crippen LogP contribution in [0.15, 0.2) is 11.6 Å². The molecular formula is C27H45NO. The minimum Gasteiger partial charge on any atom is -0.353 e. The average Bonchev–Trinajstić information content (AvgIpc) is 2.92. The summed E-state index contributed by atoms with van der Waals surface area (Å²) in [5, 5.41) is 3.11. The van der Waals surface area contributed by atoms with E-state index in [1.54, 1.807) is 0 Å². The summed E-state index contributed by atoms with van der Waals surface area (Å²) < 4.78 is 0. The van der Waals surface area contributed by atoms with Crippen molar-refractivity contribution in [3.8, 4) is 0 Å². The van der Waals surface area contributed by atoms with Crippen LogP contribution >= 0.6 is 0 Å². The summed E-state index contributed by atoms with van der Waals surface area (Å²) in [7, 11) is 0. The molecule has 1 N–H and O–H groups in total. The maximum atomic E-state index is 12.1. The second kappa shape index (κ2) is 8.04. The molecule has 0 spiro atoms. The zero-order chi connectivity index (χ0) is 20.8. The molecule has 3 saturated carbocycles. The molecule has 0 unspecified atom stereocenters. The molecule has 1 amide bonds. The van der Waals surface area contributed by atoms with Crippen LogP contribution < -0.4 is 5.32 Å². The fourth-order valence-electron chi connectivity index (χ4n) is 8.59. The number of allylic oxidation sites excluding steroid dienone is 1. The first-order chi connectivity index (χ1) is 13.8. The first-order valence-electron chi connectivity index (χ1n) is 12.7. The van der Waals surface area contributed by atoms with Gasteiger partial charge in [0.15, 0.2) is 0 Å². The monoisotopic (exact) mass is 399 g/mol. The van der Waals surface area contributed by atoms with E-state index < -0.39 is 0 Å². The summed E-state index contributed by atoms with van der Waals surface area (Å²) in [6.45, 7) is 13.3. The summed E-state index contributed by atoms with van der Waals surface area (Å²) in [5.74, 6) is 5.41. The lowest BCUT2D eigenvalue weighted by Crippen LogP contribution is -2.50. The van der Waals surface area contributed by atoms with Crippen molar-refractivity contribution in [3.05, 3.63) is 11.6 Å². The van der Waals surface area contributed by atoms with Crippen molar-refractivity contribution >= 4 is 5.91 Å². The van der Waals surface area contributed by atoms with E-state index >= 15 is 0 Å². The normalized spacial score (nSPS) is 43.0. The molecule has 2 heteroatoms. The molecule has 29 heavy (non-hydrogen) atoms. The Morgan fingerprint density at radius 1 is 1.03 bits per heavy atom. The van der Waals surface area contributed by atoms with Gasteiger partial charge in [-0.25, -0.2) is 0 Å². The van der Waals surface area contributed by atoms with Crippen LogP contribution in [0.25, 0.3) is 0 Å². The molecule has 0 aromatic rings. The van der Waals surface area contributed by atoms with Gasteiger partial charge >= 0.3 is 0 Å². The van der Waals surface area contributed by atoms with E-state index in [2.05, 4.69) is 39.9 Å². The van der Waals surface area contributed by atoms with Crippen molar-refractivity contribution in [1.82, 2.24) is 5.32 Å². The van der Waals surface area contributed by atoms with Gasteiger partial charge in [0.25, 0.3) is 0 Å². The molecular weight excluding hydrogens is 354 g/mol. The Kier molecular flexibility index (Phi) is 5.95. The summed E-state index contributed by atoms with van der Waals surface area (Å²) in [6, 6.07) is 0. The highest BCUT2D eigenvalue weighted by Crippen LogP contribution is 2.67. The van der Waals surface area contributed by atoms with E-state index in [1.807, 2.05) is 6.08 Å². The van der Waals surface area contributed by atoms with E-state index in [1.165, 1.54) is 56.9 Å². The third-order valence-corrected chi connectivity index (χ3v) is 10.2. The van der Waals surface area contributed by atoms with Gasteiger partial charge in [0.1, 0.15) is 0 Å². The zero-order valence-electron chi connectivity index (χ0n) is 19.7. The number of carbonyl (C=O) groups is 1. The molecule has 7 atom stereocenters. The quantitative estimate of drug-likeness (QED) is 0.544. The summed E-state index contributed by atoms with van der Waals surface area (Å²) in [5.41, 5.74) is 2.29. The molecule has 2 nitrogen and oxygen atoms in total. The Morgan fingerprint density at radius 2 is 1.83 bits per heavy atom. The topological polar surface area (TPSA) is 29.1 Å². The minimum absolute atomic E-state index is 0.152. The highest BCUT2D eigenvalue weighted by atomic mass is 16.1. The van der Waals surface area contributed by atoms with Crippen molar-refractivity contribution in [2.24, 2.45) is 46.3 Å². The molecule has 0 radical (unpaired) electrons. The van der Waals surface area contributed by atoms with E-state index in [4.69, 9.17) is 0 Å². The number of nitrogens with one attached hydrogen (secondary N) is 1. The van der Waals surface area contributed by atoms with Crippen molar-refractivity contribution in [3.63, 3.8) is 0 Å². The highest BCUT2D eigenvalue weighted by Gasteiger charge is 2.59. The Morgan fingerprint density at radius 3 is 2.59 bits per heavy atom. The van der Waals surface area contributed by atoms with Gasteiger partial charge < -0.3 is 5.32 Å². The van der Waals surface area contributed by atoms with Crippen LogP contribution in [0.1, 0.15) is 98.8 Å². The Labute approximate surface area is 179 Å². The van der Waals surface area contributed by atoms with Crippen molar-refractivity contribution in [2.45, 2.75) is 98.8 Å². The summed E-state index contributed by atoms with van der Waals surface area (Å²) >= 11 is 0. The van der Waals surface area contributed by atoms with E-state index in [-0.39, 0.29) is 11.3 Å². The number of amides is 1. The second-order valence-electron chi connectivity index (χ2n) is 12.1. The molecule has 4 aliphatic rings. The van der Waals surface area contributed by atoms with Gasteiger partial charge in [-0.15, -0.1) is 0 Å². The molecule has 0 bridgehead atoms.